The van der Waals surface area contributed by atoms with E-state index in [0.717, 1.165) is 4.90 Å². The molecule has 0 bridgehead atoms. The van der Waals surface area contributed by atoms with Gasteiger partial charge in [0, 0.05) is 29.2 Å². The molecule has 0 radical (unpaired) electrons. The topological polar surface area (TPSA) is 92.5 Å². The molecule has 1 aliphatic rings. The predicted molar refractivity (Wildman–Crippen MR) is 76.8 cm³/mol. The number of nitrogens with zero attached hydrogens (tertiary/aromatic N) is 1. The molecule has 1 aromatic carbocycles. The summed E-state index contributed by atoms with van der Waals surface area (Å²) < 4.78 is 0.685. The number of hydrogen-bond acceptors (Lipinski definition) is 4. The number of nitrogens with two attached hydrogens (primary N) is 1. The number of imide groups is 1. The summed E-state index contributed by atoms with van der Waals surface area (Å²) in [6, 6.07) is 4.15. The molecule has 2 rings (SSSR count). The van der Waals surface area contributed by atoms with Gasteiger partial charge in [0.15, 0.2) is 0 Å². The van der Waals surface area contributed by atoms with Gasteiger partial charge in [-0.1, -0.05) is 15.9 Å². The summed E-state index contributed by atoms with van der Waals surface area (Å²) in [4.78, 5) is 36.4. The Kier molecular flexibility index (Phi) is 4.08. The number of nitrogens with one attached hydrogen (secondary N) is 1. The minimum Gasteiger partial charge on any atom is -0.399 e. The summed E-state index contributed by atoms with van der Waals surface area (Å²) in [5, 5.41) is 2.63. The molecule has 20 heavy (non-hydrogen) atoms. The van der Waals surface area contributed by atoms with E-state index in [2.05, 4.69) is 21.2 Å². The molecule has 0 spiro atoms. The van der Waals surface area contributed by atoms with Crippen molar-refractivity contribution >= 4 is 39.3 Å². The predicted octanol–water partition coefficient (Wildman–Crippen LogP) is 0.908. The molecule has 6 nitrogen and oxygen atoms in total. The Hall–Kier alpha value is -1.89. The van der Waals surface area contributed by atoms with Gasteiger partial charge in [0.05, 0.1) is 0 Å². The Balaban J connectivity index is 2.11. The van der Waals surface area contributed by atoms with Gasteiger partial charge in [-0.3, -0.25) is 19.3 Å². The lowest BCUT2D eigenvalue weighted by Gasteiger charge is -2.28. The molecule has 1 atom stereocenters. The summed E-state index contributed by atoms with van der Waals surface area (Å²) >= 11 is 3.26. The van der Waals surface area contributed by atoms with Gasteiger partial charge in [0.2, 0.25) is 5.91 Å². The van der Waals surface area contributed by atoms with Crippen LogP contribution >= 0.6 is 15.9 Å². The molecule has 1 aromatic rings. The fourth-order valence-electron chi connectivity index (χ4n) is 2.03. The van der Waals surface area contributed by atoms with E-state index in [0.29, 0.717) is 22.1 Å². The SMILES string of the molecule is CN1C(=O)CCC(NC(=O)c2cc(N)cc(Br)c2)C1=O. The molecule has 0 saturated carbocycles. The number of rotatable bonds is 2. The van der Waals surface area contributed by atoms with E-state index in [-0.39, 0.29) is 18.2 Å². The first-order chi connectivity index (χ1) is 9.38. The first kappa shape index (κ1) is 14.5. The molecule has 106 valence electrons. The zero-order valence-electron chi connectivity index (χ0n) is 10.9. The van der Waals surface area contributed by atoms with Crippen LogP contribution < -0.4 is 11.1 Å². The number of halogens is 1. The van der Waals surface area contributed by atoms with Crippen LogP contribution in [0.1, 0.15) is 23.2 Å². The van der Waals surface area contributed by atoms with Crippen molar-refractivity contribution in [3.8, 4) is 0 Å². The van der Waals surface area contributed by atoms with Crippen LogP contribution in [0.25, 0.3) is 0 Å². The smallest absolute Gasteiger partial charge is 0.252 e. The average molecular weight is 340 g/mol. The maximum absolute atomic E-state index is 12.1. The molecule has 1 unspecified atom stereocenters. The number of likely N-dealkylation sites (tertiary alicyclic amines) is 1. The van der Waals surface area contributed by atoms with E-state index < -0.39 is 11.9 Å². The van der Waals surface area contributed by atoms with Crippen molar-refractivity contribution in [3.63, 3.8) is 0 Å². The van der Waals surface area contributed by atoms with Crippen molar-refractivity contribution in [1.82, 2.24) is 10.2 Å². The fraction of sp³-hybridized carbons (Fsp3) is 0.308. The third kappa shape index (κ3) is 2.98. The van der Waals surface area contributed by atoms with Crippen LogP contribution in [0.15, 0.2) is 22.7 Å². The highest BCUT2D eigenvalue weighted by Gasteiger charge is 2.32. The normalized spacial score (nSPS) is 19.1. The van der Waals surface area contributed by atoms with Gasteiger partial charge in [0.1, 0.15) is 6.04 Å². The van der Waals surface area contributed by atoms with Crippen molar-refractivity contribution < 1.29 is 14.4 Å². The first-order valence-corrected chi connectivity index (χ1v) is 6.85. The maximum Gasteiger partial charge on any atom is 0.252 e. The molecule has 7 heteroatoms. The minimum absolute atomic E-state index is 0.229. The number of hydrogen-bond donors (Lipinski definition) is 2. The van der Waals surface area contributed by atoms with Gasteiger partial charge in [-0.05, 0) is 24.6 Å². The van der Waals surface area contributed by atoms with Crippen LogP contribution in [0.2, 0.25) is 0 Å². The number of carbonyl (C=O) groups is 3. The van der Waals surface area contributed by atoms with Gasteiger partial charge >= 0.3 is 0 Å². The quantitative estimate of drug-likeness (QED) is 0.618. The molecule has 1 fully saturated rings. The van der Waals surface area contributed by atoms with Crippen LogP contribution in [0.4, 0.5) is 5.69 Å². The number of likely N-dealkylation sites (N-methyl/N-ethyl adjacent to an activating group) is 1. The van der Waals surface area contributed by atoms with E-state index in [1.54, 1.807) is 12.1 Å². The van der Waals surface area contributed by atoms with Crippen LogP contribution in [0, 0.1) is 0 Å². The largest absolute Gasteiger partial charge is 0.399 e. The Labute approximate surface area is 124 Å². The van der Waals surface area contributed by atoms with E-state index >= 15 is 0 Å². The first-order valence-electron chi connectivity index (χ1n) is 6.06. The minimum atomic E-state index is -0.676. The highest BCUT2D eigenvalue weighted by atomic mass is 79.9. The molecular weight excluding hydrogens is 326 g/mol. The van der Waals surface area contributed by atoms with Gasteiger partial charge < -0.3 is 11.1 Å². The summed E-state index contributed by atoms with van der Waals surface area (Å²) in [5.74, 6) is -1.01. The molecule has 1 aliphatic heterocycles. The molecule has 0 aromatic heterocycles. The van der Waals surface area contributed by atoms with Crippen molar-refractivity contribution in [2.75, 3.05) is 12.8 Å². The number of carbonyl (C=O) groups excluding carboxylic acids is 3. The second-order valence-electron chi connectivity index (χ2n) is 4.63. The van der Waals surface area contributed by atoms with Gasteiger partial charge in [-0.2, -0.15) is 0 Å². The van der Waals surface area contributed by atoms with Crippen molar-refractivity contribution in [2.45, 2.75) is 18.9 Å². The molecule has 1 heterocycles. The van der Waals surface area contributed by atoms with Gasteiger partial charge in [0.25, 0.3) is 11.8 Å². The second kappa shape index (κ2) is 5.62. The van der Waals surface area contributed by atoms with E-state index in [1.807, 2.05) is 0 Å². The molecule has 3 amide bonds. The van der Waals surface area contributed by atoms with Crippen LogP contribution in [-0.2, 0) is 9.59 Å². The van der Waals surface area contributed by atoms with Crippen LogP contribution in [0.3, 0.4) is 0 Å². The highest BCUT2D eigenvalue weighted by molar-refractivity contribution is 9.10. The van der Waals surface area contributed by atoms with E-state index in [4.69, 9.17) is 5.73 Å². The van der Waals surface area contributed by atoms with Crippen LogP contribution in [0.5, 0.6) is 0 Å². The Bertz CT molecular complexity index is 568. The maximum atomic E-state index is 12.1. The summed E-state index contributed by atoms with van der Waals surface area (Å²) in [6.45, 7) is 0. The summed E-state index contributed by atoms with van der Waals surface area (Å²) in [5.41, 5.74) is 6.48. The summed E-state index contributed by atoms with van der Waals surface area (Å²) in [6.07, 6.45) is 0.561. The lowest BCUT2D eigenvalue weighted by Crippen LogP contribution is -2.52. The van der Waals surface area contributed by atoms with Crippen LogP contribution in [-0.4, -0.2) is 35.7 Å². The third-order valence-corrected chi connectivity index (χ3v) is 3.60. The molecule has 3 N–H and O–H groups in total. The fourth-order valence-corrected chi connectivity index (χ4v) is 2.55. The lowest BCUT2D eigenvalue weighted by atomic mass is 10.0. The zero-order chi connectivity index (χ0) is 14.9. The van der Waals surface area contributed by atoms with E-state index in [9.17, 15) is 14.4 Å². The molecule has 0 aliphatic carbocycles. The Morgan fingerprint density at radius 2 is 2.10 bits per heavy atom. The monoisotopic (exact) mass is 339 g/mol. The third-order valence-electron chi connectivity index (χ3n) is 3.14. The second-order valence-corrected chi connectivity index (χ2v) is 5.54. The molecule has 1 saturated heterocycles. The molecular formula is C13H14BrN3O3. The van der Waals surface area contributed by atoms with E-state index in [1.165, 1.54) is 13.1 Å². The Morgan fingerprint density at radius 3 is 2.75 bits per heavy atom. The van der Waals surface area contributed by atoms with Crippen molar-refractivity contribution in [2.24, 2.45) is 0 Å². The number of anilines is 1. The lowest BCUT2D eigenvalue weighted by molar-refractivity contribution is -0.147. The number of piperidine rings is 1. The number of benzene rings is 1. The average Bonchev–Trinajstić information content (AvgIpc) is 2.38. The van der Waals surface area contributed by atoms with Crippen molar-refractivity contribution in [1.29, 1.82) is 0 Å². The standard InChI is InChI=1S/C13H14BrN3O3/c1-17-11(18)3-2-10(13(17)20)16-12(19)7-4-8(14)6-9(15)5-7/h4-6,10H,2-3,15H2,1H3,(H,16,19). The highest BCUT2D eigenvalue weighted by Crippen LogP contribution is 2.18. The van der Waals surface area contributed by atoms with Crippen molar-refractivity contribution in [3.05, 3.63) is 28.2 Å². The zero-order valence-corrected chi connectivity index (χ0v) is 12.4. The number of amides is 3. The van der Waals surface area contributed by atoms with Gasteiger partial charge in [-0.15, -0.1) is 0 Å². The van der Waals surface area contributed by atoms with Gasteiger partial charge in [-0.25, -0.2) is 0 Å². The Morgan fingerprint density at radius 1 is 1.40 bits per heavy atom. The number of nitrogen functional groups attached to an aromatic ring is 1. The summed E-state index contributed by atoms with van der Waals surface area (Å²) in [7, 11) is 1.42.